The van der Waals surface area contributed by atoms with E-state index >= 15 is 0 Å². The summed E-state index contributed by atoms with van der Waals surface area (Å²) in [4.78, 5) is 35.0. The highest BCUT2D eigenvalue weighted by molar-refractivity contribution is 6.05. The summed E-state index contributed by atoms with van der Waals surface area (Å²) in [6, 6.07) is 12.8. The summed E-state index contributed by atoms with van der Waals surface area (Å²) < 4.78 is 7.18. The summed E-state index contributed by atoms with van der Waals surface area (Å²) in [7, 11) is 0. The van der Waals surface area contributed by atoms with Crippen molar-refractivity contribution < 1.29 is 9.53 Å². The van der Waals surface area contributed by atoms with Crippen molar-refractivity contribution in [3.05, 3.63) is 87.1 Å². The van der Waals surface area contributed by atoms with Crippen LogP contribution in [0.1, 0.15) is 46.2 Å². The van der Waals surface area contributed by atoms with Crippen LogP contribution < -0.4 is 5.56 Å². The molecule has 0 saturated carbocycles. The van der Waals surface area contributed by atoms with E-state index in [0.717, 1.165) is 47.0 Å². The maximum absolute atomic E-state index is 13.3. The highest BCUT2D eigenvalue weighted by Crippen LogP contribution is 2.32. The van der Waals surface area contributed by atoms with Crippen molar-refractivity contribution in [2.45, 2.75) is 39.7 Å². The van der Waals surface area contributed by atoms with Gasteiger partial charge >= 0.3 is 5.97 Å². The van der Waals surface area contributed by atoms with Crippen LogP contribution in [0.5, 0.6) is 0 Å². The smallest absolute Gasteiger partial charge is 0.339 e. The topological polar surface area (TPSA) is 73.6 Å². The molecule has 0 N–H and O–H groups in total. The number of fused-ring (bicyclic) bond motifs is 3. The maximum atomic E-state index is 13.3. The van der Waals surface area contributed by atoms with Crippen LogP contribution in [0.4, 0.5) is 0 Å². The third kappa shape index (κ3) is 3.48. The van der Waals surface area contributed by atoms with Crippen LogP contribution >= 0.6 is 0 Å². The van der Waals surface area contributed by atoms with Crippen LogP contribution in [0, 0.1) is 12.8 Å². The molecule has 0 bridgehead atoms. The Labute approximate surface area is 179 Å². The van der Waals surface area contributed by atoms with Crippen molar-refractivity contribution >= 4 is 22.5 Å². The van der Waals surface area contributed by atoms with E-state index in [1.54, 1.807) is 6.20 Å². The molecule has 1 atom stereocenters. The first-order chi connectivity index (χ1) is 15.0. The number of aromatic nitrogens is 3. The number of aryl methyl sites for hydroxylation is 2. The first kappa shape index (κ1) is 19.4. The number of pyridine rings is 2. The van der Waals surface area contributed by atoms with Crippen LogP contribution in [0.25, 0.3) is 16.6 Å². The molecule has 5 rings (SSSR count). The maximum Gasteiger partial charge on any atom is 0.339 e. The minimum Gasteiger partial charge on any atom is -0.456 e. The lowest BCUT2D eigenvalue weighted by molar-refractivity contribution is 0.0468. The molecule has 1 aliphatic carbocycles. The van der Waals surface area contributed by atoms with Gasteiger partial charge in [-0.1, -0.05) is 31.2 Å². The van der Waals surface area contributed by atoms with Gasteiger partial charge in [-0.25, -0.2) is 9.78 Å². The zero-order valence-corrected chi connectivity index (χ0v) is 17.6. The van der Waals surface area contributed by atoms with Gasteiger partial charge in [0.05, 0.1) is 16.8 Å². The Morgan fingerprint density at radius 3 is 2.90 bits per heavy atom. The lowest BCUT2D eigenvalue weighted by Gasteiger charge is -2.24. The highest BCUT2D eigenvalue weighted by Gasteiger charge is 2.26. The molecule has 31 heavy (non-hydrogen) atoms. The van der Waals surface area contributed by atoms with Crippen molar-refractivity contribution in [3.63, 3.8) is 0 Å². The largest absolute Gasteiger partial charge is 0.456 e. The fourth-order valence-electron chi connectivity index (χ4n) is 4.39. The molecule has 0 amide bonds. The number of benzene rings is 1. The van der Waals surface area contributed by atoms with Gasteiger partial charge in [0.15, 0.2) is 0 Å². The Morgan fingerprint density at radius 1 is 1.19 bits per heavy atom. The van der Waals surface area contributed by atoms with Crippen LogP contribution in [0.2, 0.25) is 0 Å². The average Bonchev–Trinajstić information content (AvgIpc) is 2.76. The van der Waals surface area contributed by atoms with Crippen molar-refractivity contribution in [2.24, 2.45) is 5.92 Å². The van der Waals surface area contributed by atoms with E-state index in [1.165, 1.54) is 10.5 Å². The Balaban J connectivity index is 1.52. The second-order valence-electron chi connectivity index (χ2n) is 8.32. The SMILES string of the molecule is Cc1cccn2c(=O)cc(COC(=O)c3c4c(nc5ccccc35)CC[C@@H](C)C4)nc12. The van der Waals surface area contributed by atoms with Crippen LogP contribution in [0.15, 0.2) is 53.5 Å². The number of rotatable bonds is 3. The molecule has 1 aromatic carbocycles. The summed E-state index contributed by atoms with van der Waals surface area (Å²) in [5, 5.41) is 0.808. The zero-order valence-electron chi connectivity index (χ0n) is 17.6. The number of hydrogen-bond donors (Lipinski definition) is 0. The van der Waals surface area contributed by atoms with E-state index < -0.39 is 5.97 Å². The molecule has 0 radical (unpaired) electrons. The Hall–Kier alpha value is -3.54. The lowest BCUT2D eigenvalue weighted by Crippen LogP contribution is -2.20. The van der Waals surface area contributed by atoms with Crippen molar-refractivity contribution in [2.75, 3.05) is 0 Å². The molecule has 0 spiro atoms. The van der Waals surface area contributed by atoms with Gasteiger partial charge in [0.2, 0.25) is 0 Å². The van der Waals surface area contributed by atoms with E-state index in [1.807, 2.05) is 43.3 Å². The van der Waals surface area contributed by atoms with E-state index in [-0.39, 0.29) is 12.2 Å². The molecule has 0 aliphatic heterocycles. The quantitative estimate of drug-likeness (QED) is 0.474. The summed E-state index contributed by atoms with van der Waals surface area (Å²) in [6.07, 6.45) is 4.43. The molecule has 0 unspecified atom stereocenters. The summed E-state index contributed by atoms with van der Waals surface area (Å²) >= 11 is 0. The Kier molecular flexibility index (Phi) is 4.77. The standard InChI is InChI=1S/C25H23N3O3/c1-15-9-10-21-19(12-15)23(18-7-3-4-8-20(18)27-21)25(30)31-14-17-13-22(29)28-11-5-6-16(2)24(28)26-17/h3-8,11,13,15H,9-10,12,14H2,1-2H3/t15-/m1/s1. The molecule has 3 aromatic heterocycles. The normalized spacial score (nSPS) is 15.7. The van der Waals surface area contributed by atoms with Gasteiger partial charge in [0.1, 0.15) is 12.3 Å². The predicted octanol–water partition coefficient (Wildman–Crippen LogP) is 4.03. The predicted molar refractivity (Wildman–Crippen MR) is 118 cm³/mol. The van der Waals surface area contributed by atoms with Crippen molar-refractivity contribution in [1.29, 1.82) is 0 Å². The van der Waals surface area contributed by atoms with E-state index in [4.69, 9.17) is 9.72 Å². The molecular formula is C25H23N3O3. The molecule has 156 valence electrons. The number of nitrogens with zero attached hydrogens (tertiary/aromatic N) is 3. The Bertz CT molecular complexity index is 1390. The van der Waals surface area contributed by atoms with E-state index in [9.17, 15) is 9.59 Å². The molecule has 6 nitrogen and oxygen atoms in total. The third-order valence-electron chi connectivity index (χ3n) is 6.00. The number of esters is 1. The summed E-state index contributed by atoms with van der Waals surface area (Å²) in [6.45, 7) is 4.04. The second kappa shape index (κ2) is 7.61. The van der Waals surface area contributed by atoms with Gasteiger partial charge in [-0.05, 0) is 55.4 Å². The second-order valence-corrected chi connectivity index (χ2v) is 8.32. The minimum absolute atomic E-state index is 0.0557. The number of para-hydroxylation sites is 1. The zero-order chi connectivity index (χ0) is 21.5. The average molecular weight is 413 g/mol. The number of ether oxygens (including phenoxy) is 1. The van der Waals surface area contributed by atoms with Gasteiger partial charge in [0, 0.05) is 23.3 Å². The number of carbonyl (C=O) groups is 1. The lowest BCUT2D eigenvalue weighted by atomic mass is 9.84. The Morgan fingerprint density at radius 2 is 2.03 bits per heavy atom. The fraction of sp³-hybridized carbons (Fsp3) is 0.280. The highest BCUT2D eigenvalue weighted by atomic mass is 16.5. The molecule has 3 heterocycles. The summed E-state index contributed by atoms with van der Waals surface area (Å²) in [5.74, 6) is 0.0999. The van der Waals surface area contributed by atoms with Crippen LogP contribution in [-0.4, -0.2) is 20.3 Å². The van der Waals surface area contributed by atoms with E-state index in [0.29, 0.717) is 22.8 Å². The van der Waals surface area contributed by atoms with Gasteiger partial charge in [-0.15, -0.1) is 0 Å². The van der Waals surface area contributed by atoms with Crippen molar-refractivity contribution in [3.8, 4) is 0 Å². The molecule has 6 heteroatoms. The van der Waals surface area contributed by atoms with E-state index in [2.05, 4.69) is 11.9 Å². The monoisotopic (exact) mass is 413 g/mol. The van der Waals surface area contributed by atoms with Gasteiger partial charge in [0.25, 0.3) is 5.56 Å². The minimum atomic E-state index is -0.393. The first-order valence-electron chi connectivity index (χ1n) is 10.6. The third-order valence-corrected chi connectivity index (χ3v) is 6.00. The van der Waals surface area contributed by atoms with Gasteiger partial charge in [-0.3, -0.25) is 14.2 Å². The molecule has 0 fully saturated rings. The van der Waals surface area contributed by atoms with Gasteiger partial charge in [-0.2, -0.15) is 0 Å². The molecular weight excluding hydrogens is 390 g/mol. The molecule has 4 aromatic rings. The number of carbonyl (C=O) groups excluding carboxylic acids is 1. The fourth-order valence-corrected chi connectivity index (χ4v) is 4.39. The molecule has 1 aliphatic rings. The van der Waals surface area contributed by atoms with Crippen LogP contribution in [0.3, 0.4) is 0 Å². The first-order valence-corrected chi connectivity index (χ1v) is 10.6. The van der Waals surface area contributed by atoms with Crippen LogP contribution in [-0.2, 0) is 24.2 Å². The summed E-state index contributed by atoms with van der Waals surface area (Å²) in [5.41, 5.74) is 5.08. The van der Waals surface area contributed by atoms with Crippen molar-refractivity contribution in [1.82, 2.24) is 14.4 Å². The number of hydrogen-bond acceptors (Lipinski definition) is 5. The molecule has 0 saturated heterocycles. The van der Waals surface area contributed by atoms with Gasteiger partial charge < -0.3 is 4.74 Å².